The minimum Gasteiger partial charge on any atom is -0.494 e. The molecule has 0 radical (unpaired) electrons. The fourth-order valence-electron chi connectivity index (χ4n) is 2.04. The molecule has 1 aromatic heterocycles. The minimum atomic E-state index is 0.705. The fourth-order valence-corrected chi connectivity index (χ4v) is 2.04. The molecular formula is C15H21NO2. The van der Waals surface area contributed by atoms with Gasteiger partial charge >= 0.3 is 0 Å². The Morgan fingerprint density at radius 1 is 1.11 bits per heavy atom. The monoisotopic (exact) mass is 247 g/mol. The molecule has 0 unspecified atom stereocenters. The number of benzene rings is 1. The molecule has 0 N–H and O–H groups in total. The van der Waals surface area contributed by atoms with Gasteiger partial charge in [0.25, 0.3) is 0 Å². The van der Waals surface area contributed by atoms with Gasteiger partial charge in [0, 0.05) is 30.3 Å². The van der Waals surface area contributed by atoms with E-state index in [0.717, 1.165) is 31.9 Å². The van der Waals surface area contributed by atoms with Crippen LogP contribution in [0.15, 0.2) is 30.5 Å². The predicted molar refractivity (Wildman–Crippen MR) is 74.2 cm³/mol. The second kappa shape index (κ2) is 6.45. The van der Waals surface area contributed by atoms with Crippen molar-refractivity contribution in [1.29, 1.82) is 0 Å². The van der Waals surface area contributed by atoms with Gasteiger partial charge in [-0.1, -0.05) is 6.92 Å². The zero-order valence-electron chi connectivity index (χ0n) is 11.2. The average molecular weight is 247 g/mol. The molecule has 3 heteroatoms. The van der Waals surface area contributed by atoms with Gasteiger partial charge in [0.05, 0.1) is 13.2 Å². The molecule has 0 amide bonds. The molecular weight excluding hydrogens is 226 g/mol. The van der Waals surface area contributed by atoms with Gasteiger partial charge in [-0.2, -0.15) is 0 Å². The highest BCUT2D eigenvalue weighted by Gasteiger charge is 2.02. The summed E-state index contributed by atoms with van der Waals surface area (Å²) < 4.78 is 13.2. The van der Waals surface area contributed by atoms with Gasteiger partial charge in [-0.25, -0.2) is 0 Å². The Morgan fingerprint density at radius 2 is 2.00 bits per heavy atom. The summed E-state index contributed by atoms with van der Waals surface area (Å²) in [7, 11) is 0. The lowest BCUT2D eigenvalue weighted by Crippen LogP contribution is -2.05. The Balaban J connectivity index is 2.06. The lowest BCUT2D eigenvalue weighted by Gasteiger charge is -2.07. The maximum absolute atomic E-state index is 5.52. The summed E-state index contributed by atoms with van der Waals surface area (Å²) >= 11 is 0. The third-order valence-electron chi connectivity index (χ3n) is 2.88. The minimum absolute atomic E-state index is 0.705. The number of rotatable bonds is 7. The van der Waals surface area contributed by atoms with E-state index in [9.17, 15) is 0 Å². The summed E-state index contributed by atoms with van der Waals surface area (Å²) in [6.45, 7) is 7.34. The molecule has 18 heavy (non-hydrogen) atoms. The van der Waals surface area contributed by atoms with Crippen molar-refractivity contribution in [3.63, 3.8) is 0 Å². The molecule has 98 valence electrons. The molecule has 0 saturated carbocycles. The van der Waals surface area contributed by atoms with Crippen LogP contribution >= 0.6 is 0 Å². The molecule has 2 aromatic rings. The van der Waals surface area contributed by atoms with Crippen molar-refractivity contribution in [2.75, 3.05) is 19.8 Å². The molecule has 0 aliphatic heterocycles. The van der Waals surface area contributed by atoms with Crippen LogP contribution < -0.4 is 4.74 Å². The third-order valence-corrected chi connectivity index (χ3v) is 2.88. The third kappa shape index (κ3) is 3.05. The van der Waals surface area contributed by atoms with Crippen molar-refractivity contribution < 1.29 is 9.47 Å². The lowest BCUT2D eigenvalue weighted by atomic mass is 10.2. The molecule has 0 atom stereocenters. The zero-order chi connectivity index (χ0) is 12.8. The summed E-state index contributed by atoms with van der Waals surface area (Å²) in [6, 6.07) is 8.34. The van der Waals surface area contributed by atoms with Crippen LogP contribution in [0.5, 0.6) is 5.75 Å². The van der Waals surface area contributed by atoms with Crippen molar-refractivity contribution in [3.8, 4) is 5.75 Å². The van der Waals surface area contributed by atoms with Gasteiger partial charge < -0.3 is 14.0 Å². The molecule has 1 heterocycles. The van der Waals surface area contributed by atoms with Gasteiger partial charge in [-0.15, -0.1) is 0 Å². The van der Waals surface area contributed by atoms with Crippen molar-refractivity contribution in [1.82, 2.24) is 4.57 Å². The molecule has 3 nitrogen and oxygen atoms in total. The van der Waals surface area contributed by atoms with Crippen LogP contribution in [0.3, 0.4) is 0 Å². The summed E-state index contributed by atoms with van der Waals surface area (Å²) in [5, 5.41) is 1.22. The van der Waals surface area contributed by atoms with Crippen molar-refractivity contribution in [3.05, 3.63) is 30.5 Å². The van der Waals surface area contributed by atoms with Gasteiger partial charge in [-0.3, -0.25) is 0 Å². The Bertz CT molecular complexity index is 490. The molecule has 0 bridgehead atoms. The smallest absolute Gasteiger partial charge is 0.120 e. The second-order valence-electron chi connectivity index (χ2n) is 4.28. The van der Waals surface area contributed by atoms with Gasteiger partial charge in [0.1, 0.15) is 5.75 Å². The van der Waals surface area contributed by atoms with E-state index in [0.29, 0.717) is 6.61 Å². The lowest BCUT2D eigenvalue weighted by molar-refractivity contribution is 0.127. The number of nitrogens with zero attached hydrogens (tertiary/aromatic N) is 1. The number of fused-ring (bicyclic) bond motifs is 1. The van der Waals surface area contributed by atoms with Crippen LogP contribution in [-0.2, 0) is 11.3 Å². The molecule has 0 fully saturated rings. The highest BCUT2D eigenvalue weighted by Crippen LogP contribution is 2.22. The second-order valence-corrected chi connectivity index (χ2v) is 4.28. The summed E-state index contributed by atoms with van der Waals surface area (Å²) in [5.74, 6) is 0.935. The Hall–Kier alpha value is -1.48. The number of ether oxygens (including phenoxy) is 2. The first-order chi connectivity index (χ1) is 8.85. The average Bonchev–Trinajstić information content (AvgIpc) is 2.78. The van der Waals surface area contributed by atoms with Crippen LogP contribution in [0, 0.1) is 0 Å². The summed E-state index contributed by atoms with van der Waals surface area (Å²) in [4.78, 5) is 0. The van der Waals surface area contributed by atoms with E-state index in [4.69, 9.17) is 9.47 Å². The largest absolute Gasteiger partial charge is 0.494 e. The van der Waals surface area contributed by atoms with E-state index in [2.05, 4.69) is 35.9 Å². The van der Waals surface area contributed by atoms with Gasteiger partial charge in [0.2, 0.25) is 0 Å². The molecule has 0 aliphatic carbocycles. The van der Waals surface area contributed by atoms with Crippen molar-refractivity contribution in [2.24, 2.45) is 0 Å². The Labute approximate surface area is 108 Å². The first kappa shape index (κ1) is 13.0. The van der Waals surface area contributed by atoms with E-state index >= 15 is 0 Å². The molecule has 0 aliphatic rings. The first-order valence-electron chi connectivity index (χ1n) is 6.64. The van der Waals surface area contributed by atoms with Crippen LogP contribution in [-0.4, -0.2) is 24.4 Å². The normalized spacial score (nSPS) is 11.0. The maximum Gasteiger partial charge on any atom is 0.120 e. The van der Waals surface area contributed by atoms with Crippen LogP contribution in [0.1, 0.15) is 20.3 Å². The topological polar surface area (TPSA) is 23.4 Å². The Kier molecular flexibility index (Phi) is 4.65. The van der Waals surface area contributed by atoms with Gasteiger partial charge in [0.15, 0.2) is 0 Å². The van der Waals surface area contributed by atoms with Crippen molar-refractivity contribution >= 4 is 10.9 Å². The fraction of sp³-hybridized carbons (Fsp3) is 0.467. The van der Waals surface area contributed by atoms with Crippen LogP contribution in [0.25, 0.3) is 10.9 Å². The zero-order valence-corrected chi connectivity index (χ0v) is 11.2. The SMILES string of the molecule is CCCOCCn1ccc2cc(OCC)ccc21. The van der Waals surface area contributed by atoms with E-state index in [1.165, 1.54) is 10.9 Å². The number of aromatic nitrogens is 1. The highest BCUT2D eigenvalue weighted by molar-refractivity contribution is 5.81. The standard InChI is InChI=1S/C15H21NO2/c1-3-10-17-11-9-16-8-7-13-12-14(18-4-2)5-6-15(13)16/h5-8,12H,3-4,9-11H2,1-2H3. The van der Waals surface area contributed by atoms with Crippen molar-refractivity contribution in [2.45, 2.75) is 26.8 Å². The summed E-state index contributed by atoms with van der Waals surface area (Å²) in [5.41, 5.74) is 1.23. The predicted octanol–water partition coefficient (Wildman–Crippen LogP) is 3.47. The molecule has 0 saturated heterocycles. The van der Waals surface area contributed by atoms with E-state index in [1.807, 2.05) is 13.0 Å². The number of hydrogen-bond acceptors (Lipinski definition) is 2. The molecule has 1 aromatic carbocycles. The first-order valence-corrected chi connectivity index (χ1v) is 6.64. The van der Waals surface area contributed by atoms with Crippen LogP contribution in [0.2, 0.25) is 0 Å². The quantitative estimate of drug-likeness (QED) is 0.699. The van der Waals surface area contributed by atoms with E-state index in [-0.39, 0.29) is 0 Å². The van der Waals surface area contributed by atoms with E-state index in [1.54, 1.807) is 0 Å². The molecule has 0 spiro atoms. The number of hydrogen-bond donors (Lipinski definition) is 0. The van der Waals surface area contributed by atoms with Crippen LogP contribution in [0.4, 0.5) is 0 Å². The van der Waals surface area contributed by atoms with Gasteiger partial charge in [-0.05, 0) is 37.6 Å². The maximum atomic E-state index is 5.52. The van der Waals surface area contributed by atoms with E-state index < -0.39 is 0 Å². The molecule has 2 rings (SSSR count). The summed E-state index contributed by atoms with van der Waals surface area (Å²) in [6.07, 6.45) is 3.18. The Morgan fingerprint density at radius 3 is 2.78 bits per heavy atom. The highest BCUT2D eigenvalue weighted by atomic mass is 16.5.